The van der Waals surface area contributed by atoms with Crippen LogP contribution in [0.1, 0.15) is 30.3 Å². The second-order valence-electron chi connectivity index (χ2n) is 5.61. The van der Waals surface area contributed by atoms with Crippen LogP contribution >= 0.6 is 0 Å². The van der Waals surface area contributed by atoms with Crippen LogP contribution in [0, 0.1) is 5.92 Å². The van der Waals surface area contributed by atoms with Crippen LogP contribution in [-0.2, 0) is 9.53 Å². The van der Waals surface area contributed by atoms with E-state index in [9.17, 15) is 9.59 Å². The Kier molecular flexibility index (Phi) is 4.13. The lowest BCUT2D eigenvalue weighted by atomic mass is 9.98. The second-order valence-corrected chi connectivity index (χ2v) is 5.61. The van der Waals surface area contributed by atoms with Gasteiger partial charge in [-0.2, -0.15) is 0 Å². The van der Waals surface area contributed by atoms with Gasteiger partial charge in [0.15, 0.2) is 0 Å². The molecule has 0 aliphatic carbocycles. The third-order valence-corrected chi connectivity index (χ3v) is 4.09. The number of nitrogens with zero attached hydrogens (tertiary/aromatic N) is 1. The molecule has 0 bridgehead atoms. The van der Waals surface area contributed by atoms with Crippen LogP contribution in [0.3, 0.4) is 0 Å². The molecule has 1 aromatic carbocycles. The first kappa shape index (κ1) is 14.6. The Balaban J connectivity index is 1.75. The van der Waals surface area contributed by atoms with Gasteiger partial charge in [-0.1, -0.05) is 18.2 Å². The van der Waals surface area contributed by atoms with Crippen molar-refractivity contribution in [3.8, 4) is 0 Å². The van der Waals surface area contributed by atoms with Gasteiger partial charge in [0.05, 0.1) is 12.5 Å². The number of hydrogen-bond donors (Lipinski definition) is 1. The SMILES string of the molecule is CCOC(=O)C1CCCN(C(=O)c2cc3ccccc3[nH]2)C1. The molecule has 0 radical (unpaired) electrons. The van der Waals surface area contributed by atoms with Crippen molar-refractivity contribution in [1.82, 2.24) is 9.88 Å². The molecule has 1 atom stereocenters. The predicted octanol–water partition coefficient (Wildman–Crippen LogP) is 2.58. The van der Waals surface area contributed by atoms with E-state index in [1.54, 1.807) is 11.8 Å². The van der Waals surface area contributed by atoms with Crippen molar-refractivity contribution >= 4 is 22.8 Å². The monoisotopic (exact) mass is 300 g/mol. The molecular formula is C17H20N2O3. The number of amides is 1. The summed E-state index contributed by atoms with van der Waals surface area (Å²) in [6.45, 7) is 3.30. The topological polar surface area (TPSA) is 62.4 Å². The highest BCUT2D eigenvalue weighted by atomic mass is 16.5. The number of rotatable bonds is 3. The number of carbonyl (C=O) groups is 2. The summed E-state index contributed by atoms with van der Waals surface area (Å²) in [6, 6.07) is 9.67. The summed E-state index contributed by atoms with van der Waals surface area (Å²) in [5, 5.41) is 1.02. The van der Waals surface area contributed by atoms with Gasteiger partial charge in [-0.05, 0) is 31.9 Å². The summed E-state index contributed by atoms with van der Waals surface area (Å²) in [7, 11) is 0. The number of carbonyl (C=O) groups excluding carboxylic acids is 2. The zero-order valence-electron chi connectivity index (χ0n) is 12.7. The molecule has 2 aromatic rings. The minimum Gasteiger partial charge on any atom is -0.466 e. The maximum atomic E-state index is 12.6. The zero-order valence-corrected chi connectivity index (χ0v) is 12.7. The number of nitrogens with one attached hydrogen (secondary N) is 1. The van der Waals surface area contributed by atoms with E-state index in [-0.39, 0.29) is 17.8 Å². The normalized spacial score (nSPS) is 18.4. The standard InChI is InChI=1S/C17H20N2O3/c1-2-22-17(21)13-7-5-9-19(11-13)16(20)15-10-12-6-3-4-8-14(12)18-15/h3-4,6,8,10,13,18H,2,5,7,9,11H2,1H3. The fraction of sp³-hybridized carbons (Fsp3) is 0.412. The van der Waals surface area contributed by atoms with E-state index in [2.05, 4.69) is 4.98 Å². The van der Waals surface area contributed by atoms with Crippen LogP contribution in [0.25, 0.3) is 10.9 Å². The van der Waals surface area contributed by atoms with Crippen molar-refractivity contribution in [2.75, 3.05) is 19.7 Å². The van der Waals surface area contributed by atoms with Gasteiger partial charge in [0.2, 0.25) is 0 Å². The highest BCUT2D eigenvalue weighted by Gasteiger charge is 2.30. The summed E-state index contributed by atoms with van der Waals surface area (Å²) < 4.78 is 5.08. The van der Waals surface area contributed by atoms with E-state index in [1.165, 1.54) is 0 Å². The first-order valence-corrected chi connectivity index (χ1v) is 7.72. The predicted molar refractivity (Wildman–Crippen MR) is 83.6 cm³/mol. The minimum atomic E-state index is -0.206. The Bertz CT molecular complexity index is 659. The summed E-state index contributed by atoms with van der Waals surface area (Å²) in [6.07, 6.45) is 1.62. The molecular weight excluding hydrogens is 280 g/mol. The van der Waals surface area contributed by atoms with Crippen molar-refractivity contribution in [2.24, 2.45) is 5.92 Å². The average molecular weight is 300 g/mol. The summed E-state index contributed by atoms with van der Waals surface area (Å²) >= 11 is 0. The van der Waals surface area contributed by atoms with Crippen molar-refractivity contribution < 1.29 is 14.3 Å². The second kappa shape index (κ2) is 6.22. The number of H-pyrrole nitrogens is 1. The van der Waals surface area contributed by atoms with E-state index in [0.29, 0.717) is 25.4 Å². The van der Waals surface area contributed by atoms with E-state index < -0.39 is 0 Å². The van der Waals surface area contributed by atoms with Crippen molar-refractivity contribution in [3.63, 3.8) is 0 Å². The fourth-order valence-electron chi connectivity index (χ4n) is 2.97. The number of benzene rings is 1. The Labute approximate surface area is 129 Å². The van der Waals surface area contributed by atoms with Gasteiger partial charge in [0, 0.05) is 24.0 Å². The molecule has 1 aliphatic rings. The first-order valence-electron chi connectivity index (χ1n) is 7.72. The number of esters is 1. The summed E-state index contributed by atoms with van der Waals surface area (Å²) in [5.74, 6) is -0.455. The molecule has 1 amide bonds. The molecule has 3 rings (SSSR count). The summed E-state index contributed by atoms with van der Waals surface area (Å²) in [4.78, 5) is 29.4. The van der Waals surface area contributed by atoms with Crippen LogP contribution in [-0.4, -0.2) is 41.5 Å². The van der Waals surface area contributed by atoms with Gasteiger partial charge in [-0.3, -0.25) is 9.59 Å². The molecule has 1 aliphatic heterocycles. The Morgan fingerprint density at radius 1 is 1.36 bits per heavy atom. The number of likely N-dealkylation sites (tertiary alicyclic amines) is 1. The number of fused-ring (bicyclic) bond motifs is 1. The number of aromatic amines is 1. The molecule has 5 nitrogen and oxygen atoms in total. The van der Waals surface area contributed by atoms with E-state index in [1.807, 2.05) is 30.3 Å². The van der Waals surface area contributed by atoms with Gasteiger partial charge in [0.1, 0.15) is 5.69 Å². The van der Waals surface area contributed by atoms with Gasteiger partial charge in [0.25, 0.3) is 5.91 Å². The van der Waals surface area contributed by atoms with Crippen LogP contribution in [0.5, 0.6) is 0 Å². The number of para-hydroxylation sites is 1. The van der Waals surface area contributed by atoms with E-state index in [0.717, 1.165) is 23.7 Å². The van der Waals surface area contributed by atoms with Crippen molar-refractivity contribution in [1.29, 1.82) is 0 Å². The molecule has 1 aromatic heterocycles. The largest absolute Gasteiger partial charge is 0.466 e. The molecule has 22 heavy (non-hydrogen) atoms. The maximum Gasteiger partial charge on any atom is 0.310 e. The lowest BCUT2D eigenvalue weighted by Crippen LogP contribution is -2.42. The third-order valence-electron chi connectivity index (χ3n) is 4.09. The zero-order chi connectivity index (χ0) is 15.5. The summed E-state index contributed by atoms with van der Waals surface area (Å²) in [5.41, 5.74) is 1.52. The van der Waals surface area contributed by atoms with E-state index in [4.69, 9.17) is 4.74 Å². The Hall–Kier alpha value is -2.30. The molecule has 1 saturated heterocycles. The Morgan fingerprint density at radius 3 is 2.95 bits per heavy atom. The van der Waals surface area contributed by atoms with Gasteiger partial charge >= 0.3 is 5.97 Å². The molecule has 1 N–H and O–H groups in total. The van der Waals surface area contributed by atoms with Crippen LogP contribution in [0.4, 0.5) is 0 Å². The van der Waals surface area contributed by atoms with Crippen LogP contribution in [0.15, 0.2) is 30.3 Å². The molecule has 1 unspecified atom stereocenters. The smallest absolute Gasteiger partial charge is 0.310 e. The lowest BCUT2D eigenvalue weighted by Gasteiger charge is -2.31. The van der Waals surface area contributed by atoms with Gasteiger partial charge in [-0.25, -0.2) is 0 Å². The number of piperidine rings is 1. The lowest BCUT2D eigenvalue weighted by molar-refractivity contribution is -0.149. The van der Waals surface area contributed by atoms with Crippen LogP contribution in [0.2, 0.25) is 0 Å². The Morgan fingerprint density at radius 2 is 2.18 bits per heavy atom. The third kappa shape index (κ3) is 2.84. The average Bonchev–Trinajstić information content (AvgIpc) is 2.98. The van der Waals surface area contributed by atoms with Crippen molar-refractivity contribution in [2.45, 2.75) is 19.8 Å². The molecule has 5 heteroatoms. The maximum absolute atomic E-state index is 12.6. The molecule has 116 valence electrons. The molecule has 0 saturated carbocycles. The highest BCUT2D eigenvalue weighted by Crippen LogP contribution is 2.21. The highest BCUT2D eigenvalue weighted by molar-refractivity contribution is 5.98. The van der Waals surface area contributed by atoms with Gasteiger partial charge in [-0.15, -0.1) is 0 Å². The fourth-order valence-corrected chi connectivity index (χ4v) is 2.97. The molecule has 0 spiro atoms. The first-order chi connectivity index (χ1) is 10.7. The number of aromatic nitrogens is 1. The quantitative estimate of drug-likeness (QED) is 0.886. The van der Waals surface area contributed by atoms with Gasteiger partial charge < -0.3 is 14.6 Å². The molecule has 1 fully saturated rings. The number of ether oxygens (including phenoxy) is 1. The molecule has 2 heterocycles. The minimum absolute atomic E-state index is 0.0507. The van der Waals surface area contributed by atoms with E-state index >= 15 is 0 Å². The number of hydrogen-bond acceptors (Lipinski definition) is 3. The van der Waals surface area contributed by atoms with Crippen LogP contribution < -0.4 is 0 Å². The van der Waals surface area contributed by atoms with Crippen molar-refractivity contribution in [3.05, 3.63) is 36.0 Å².